The van der Waals surface area contributed by atoms with E-state index in [0.717, 1.165) is 19.8 Å². The van der Waals surface area contributed by atoms with E-state index in [1.54, 1.807) is 19.1 Å². The third kappa shape index (κ3) is 2.60. The molecule has 9 heteroatoms. The number of aryl methyl sites for hydroxylation is 1. The highest BCUT2D eigenvalue weighted by Gasteiger charge is 2.32. The van der Waals surface area contributed by atoms with Crippen LogP contribution in [0.3, 0.4) is 0 Å². The molecule has 128 valence electrons. The minimum Gasteiger partial charge on any atom is -0.465 e. The van der Waals surface area contributed by atoms with Crippen molar-refractivity contribution in [3.8, 4) is 5.69 Å². The molecule has 0 fully saturated rings. The van der Waals surface area contributed by atoms with Crippen LogP contribution in [0.25, 0.3) is 5.69 Å². The monoisotopic (exact) mass is 453 g/mol. The fourth-order valence-electron chi connectivity index (χ4n) is 2.65. The largest absolute Gasteiger partial charge is 0.465 e. The number of methoxy groups -OCH3 is 1. The maximum absolute atomic E-state index is 12.5. The van der Waals surface area contributed by atoms with E-state index in [-0.39, 0.29) is 28.2 Å². The SMILES string of the molecule is COC(=O)c1cc(I)c(C)cc1-n1c(N)c2c(cc1=O)C(=O)NC2=O. The van der Waals surface area contributed by atoms with Crippen molar-refractivity contribution < 1.29 is 19.1 Å². The number of anilines is 1. The van der Waals surface area contributed by atoms with Gasteiger partial charge in [-0.3, -0.25) is 24.3 Å². The summed E-state index contributed by atoms with van der Waals surface area (Å²) in [6.07, 6.45) is 0. The first-order chi connectivity index (χ1) is 11.8. The second-order valence-corrected chi connectivity index (χ2v) is 6.55. The van der Waals surface area contributed by atoms with Gasteiger partial charge < -0.3 is 10.5 Å². The molecule has 0 aliphatic carbocycles. The van der Waals surface area contributed by atoms with Gasteiger partial charge in [-0.05, 0) is 47.2 Å². The van der Waals surface area contributed by atoms with E-state index in [9.17, 15) is 19.2 Å². The number of carbonyl (C=O) groups is 3. The molecular weight excluding hydrogens is 441 g/mol. The number of benzene rings is 1. The number of nitrogens with zero attached hydrogens (tertiary/aromatic N) is 1. The van der Waals surface area contributed by atoms with E-state index in [4.69, 9.17) is 10.5 Å². The lowest BCUT2D eigenvalue weighted by Gasteiger charge is -2.16. The zero-order valence-corrected chi connectivity index (χ0v) is 15.3. The summed E-state index contributed by atoms with van der Waals surface area (Å²) in [4.78, 5) is 48.4. The van der Waals surface area contributed by atoms with Crippen molar-refractivity contribution in [3.63, 3.8) is 0 Å². The van der Waals surface area contributed by atoms with E-state index in [1.807, 2.05) is 0 Å². The molecule has 2 heterocycles. The number of nitrogen functional groups attached to an aromatic ring is 1. The van der Waals surface area contributed by atoms with Crippen molar-refractivity contribution in [2.45, 2.75) is 6.92 Å². The van der Waals surface area contributed by atoms with Crippen LogP contribution in [0.4, 0.5) is 5.82 Å². The summed E-state index contributed by atoms with van der Waals surface area (Å²) in [6.45, 7) is 1.80. The average Bonchev–Trinajstić information content (AvgIpc) is 2.83. The molecular formula is C16H12IN3O5. The molecule has 0 bridgehead atoms. The number of halogens is 1. The van der Waals surface area contributed by atoms with Gasteiger partial charge in [0, 0.05) is 9.64 Å². The Bertz CT molecular complexity index is 1030. The number of esters is 1. The zero-order chi connectivity index (χ0) is 18.5. The number of hydrogen-bond acceptors (Lipinski definition) is 6. The van der Waals surface area contributed by atoms with E-state index < -0.39 is 23.3 Å². The van der Waals surface area contributed by atoms with Gasteiger partial charge in [-0.15, -0.1) is 0 Å². The van der Waals surface area contributed by atoms with Gasteiger partial charge in [0.15, 0.2) is 0 Å². The summed E-state index contributed by atoms with van der Waals surface area (Å²) < 4.78 is 6.60. The van der Waals surface area contributed by atoms with Gasteiger partial charge in [0.1, 0.15) is 5.82 Å². The second-order valence-electron chi connectivity index (χ2n) is 5.39. The van der Waals surface area contributed by atoms with Crippen molar-refractivity contribution in [1.82, 2.24) is 9.88 Å². The standard InChI is InChI=1S/C16H12IN3O5/c1-6-3-10(7(4-9(6)17)16(24)25-2)20-11(21)5-8-12(13(20)18)15(23)19-14(8)22/h3-5H,18H2,1-2H3,(H,19,22,23). The highest BCUT2D eigenvalue weighted by atomic mass is 127. The molecule has 3 rings (SSSR count). The van der Waals surface area contributed by atoms with E-state index in [1.165, 1.54) is 7.11 Å². The number of fused-ring (bicyclic) bond motifs is 1. The molecule has 1 aromatic carbocycles. The van der Waals surface area contributed by atoms with Gasteiger partial charge in [-0.2, -0.15) is 0 Å². The number of ether oxygens (including phenoxy) is 1. The summed E-state index contributed by atoms with van der Waals surface area (Å²) in [6, 6.07) is 4.20. The maximum atomic E-state index is 12.5. The minimum absolute atomic E-state index is 0.0781. The Balaban J connectivity index is 2.40. The van der Waals surface area contributed by atoms with Crippen LogP contribution in [0.5, 0.6) is 0 Å². The number of rotatable bonds is 2. The predicted octanol–water partition coefficient (Wildman–Crippen LogP) is 1.00. The summed E-state index contributed by atoms with van der Waals surface area (Å²) >= 11 is 2.05. The normalized spacial score (nSPS) is 12.8. The molecule has 0 atom stereocenters. The topological polar surface area (TPSA) is 120 Å². The molecule has 25 heavy (non-hydrogen) atoms. The maximum Gasteiger partial charge on any atom is 0.340 e. The highest BCUT2D eigenvalue weighted by Crippen LogP contribution is 2.27. The lowest BCUT2D eigenvalue weighted by Crippen LogP contribution is -2.26. The first kappa shape index (κ1) is 17.1. The third-order valence-corrected chi connectivity index (χ3v) is 5.04. The summed E-state index contributed by atoms with van der Waals surface area (Å²) in [5, 5.41) is 2.10. The van der Waals surface area contributed by atoms with E-state index in [0.29, 0.717) is 0 Å². The minimum atomic E-state index is -0.687. The number of amides is 2. The van der Waals surface area contributed by atoms with Crippen LogP contribution < -0.4 is 16.6 Å². The van der Waals surface area contributed by atoms with Crippen molar-refractivity contribution in [3.05, 3.63) is 54.4 Å². The molecule has 2 amide bonds. The Morgan fingerprint density at radius 1 is 1.20 bits per heavy atom. The summed E-state index contributed by atoms with van der Waals surface area (Å²) in [5.74, 6) is -2.23. The molecule has 1 aromatic heterocycles. The zero-order valence-electron chi connectivity index (χ0n) is 13.2. The number of hydrogen-bond donors (Lipinski definition) is 2. The van der Waals surface area contributed by atoms with Gasteiger partial charge in [-0.1, -0.05) is 0 Å². The number of nitrogens with two attached hydrogens (primary N) is 1. The average molecular weight is 453 g/mol. The Hall–Kier alpha value is -2.69. The Morgan fingerprint density at radius 2 is 1.88 bits per heavy atom. The number of pyridine rings is 1. The third-order valence-electron chi connectivity index (χ3n) is 3.88. The van der Waals surface area contributed by atoms with Crippen LogP contribution in [0.15, 0.2) is 23.0 Å². The van der Waals surface area contributed by atoms with Gasteiger partial charge in [0.2, 0.25) is 0 Å². The first-order valence-electron chi connectivity index (χ1n) is 7.06. The lowest BCUT2D eigenvalue weighted by atomic mass is 10.1. The van der Waals surface area contributed by atoms with Crippen LogP contribution >= 0.6 is 22.6 Å². The second kappa shape index (κ2) is 5.99. The van der Waals surface area contributed by atoms with Crippen molar-refractivity contribution in [2.24, 2.45) is 0 Å². The van der Waals surface area contributed by atoms with Crippen LogP contribution in [0.2, 0.25) is 0 Å². The van der Waals surface area contributed by atoms with E-state index in [2.05, 4.69) is 27.9 Å². The molecule has 8 nitrogen and oxygen atoms in total. The number of aromatic nitrogens is 1. The van der Waals surface area contributed by atoms with Gasteiger partial charge in [0.05, 0.1) is 29.5 Å². The molecule has 3 N–H and O–H groups in total. The lowest BCUT2D eigenvalue weighted by molar-refractivity contribution is 0.0600. The first-order valence-corrected chi connectivity index (χ1v) is 8.14. The predicted molar refractivity (Wildman–Crippen MR) is 97.0 cm³/mol. The number of nitrogens with one attached hydrogen (secondary N) is 1. The Morgan fingerprint density at radius 3 is 2.52 bits per heavy atom. The molecule has 1 aliphatic rings. The number of carbonyl (C=O) groups excluding carboxylic acids is 3. The summed E-state index contributed by atoms with van der Waals surface area (Å²) in [7, 11) is 1.22. The summed E-state index contributed by atoms with van der Waals surface area (Å²) in [5.41, 5.74) is 6.32. The van der Waals surface area contributed by atoms with Crippen LogP contribution in [0.1, 0.15) is 36.6 Å². The fraction of sp³-hybridized carbons (Fsp3) is 0.125. The highest BCUT2D eigenvalue weighted by molar-refractivity contribution is 14.1. The van der Waals surface area contributed by atoms with Crippen LogP contribution in [0, 0.1) is 10.5 Å². The quantitative estimate of drug-likeness (QED) is 0.398. The van der Waals surface area contributed by atoms with Crippen molar-refractivity contribution in [1.29, 1.82) is 0 Å². The molecule has 0 unspecified atom stereocenters. The molecule has 0 radical (unpaired) electrons. The van der Waals surface area contributed by atoms with Crippen molar-refractivity contribution >= 4 is 46.2 Å². The smallest absolute Gasteiger partial charge is 0.340 e. The molecule has 1 aliphatic heterocycles. The molecule has 0 spiro atoms. The van der Waals surface area contributed by atoms with Crippen LogP contribution in [-0.4, -0.2) is 29.5 Å². The van der Waals surface area contributed by atoms with Crippen molar-refractivity contribution in [2.75, 3.05) is 12.8 Å². The molecule has 2 aromatic rings. The Labute approximate surface area is 155 Å². The van der Waals surface area contributed by atoms with E-state index >= 15 is 0 Å². The Kier molecular flexibility index (Phi) is 4.11. The van der Waals surface area contributed by atoms with Crippen LogP contribution in [-0.2, 0) is 4.74 Å². The van der Waals surface area contributed by atoms with Gasteiger partial charge >= 0.3 is 5.97 Å². The van der Waals surface area contributed by atoms with Gasteiger partial charge in [0.25, 0.3) is 17.4 Å². The van der Waals surface area contributed by atoms with Gasteiger partial charge in [-0.25, -0.2) is 4.79 Å². The fourth-order valence-corrected chi connectivity index (χ4v) is 3.12. The molecule has 0 saturated heterocycles. The molecule has 0 saturated carbocycles. The number of imide groups is 1.